The van der Waals surface area contributed by atoms with E-state index in [1.165, 1.54) is 0 Å². The summed E-state index contributed by atoms with van der Waals surface area (Å²) >= 11 is 0. The lowest BCUT2D eigenvalue weighted by Gasteiger charge is -2.41. The van der Waals surface area contributed by atoms with E-state index in [1.807, 2.05) is 0 Å². The second-order valence-corrected chi connectivity index (χ2v) is 6.83. The van der Waals surface area contributed by atoms with Gasteiger partial charge < -0.3 is 10.2 Å². The minimum Gasteiger partial charge on any atom is -0.314 e. The molecule has 0 amide bonds. The minimum absolute atomic E-state index is 0.176. The fourth-order valence-corrected chi connectivity index (χ4v) is 3.09. The first-order valence-electron chi connectivity index (χ1n) is 8.25. The van der Waals surface area contributed by atoms with Gasteiger partial charge in [0.25, 0.3) is 0 Å². The summed E-state index contributed by atoms with van der Waals surface area (Å²) in [7, 11) is 0. The molecular formula is C16H31F3N2. The highest BCUT2D eigenvalue weighted by molar-refractivity contribution is 4.86. The fourth-order valence-electron chi connectivity index (χ4n) is 3.09. The zero-order chi connectivity index (χ0) is 16.1. The average Bonchev–Trinajstić information content (AvgIpc) is 2.43. The average molecular weight is 308 g/mol. The van der Waals surface area contributed by atoms with E-state index in [9.17, 15) is 13.2 Å². The van der Waals surface area contributed by atoms with Crippen LogP contribution in [0.25, 0.3) is 0 Å². The van der Waals surface area contributed by atoms with Gasteiger partial charge in [0.15, 0.2) is 0 Å². The van der Waals surface area contributed by atoms with Gasteiger partial charge in [0.2, 0.25) is 0 Å². The number of piperidine rings is 1. The molecule has 0 aromatic rings. The molecule has 1 rings (SSSR count). The Labute approximate surface area is 127 Å². The zero-order valence-corrected chi connectivity index (χ0v) is 13.9. The third-order valence-corrected chi connectivity index (χ3v) is 4.99. The highest BCUT2D eigenvalue weighted by Crippen LogP contribution is 2.35. The van der Waals surface area contributed by atoms with E-state index < -0.39 is 12.1 Å². The topological polar surface area (TPSA) is 15.3 Å². The summed E-state index contributed by atoms with van der Waals surface area (Å²) in [5.74, 6) is -1.10. The summed E-state index contributed by atoms with van der Waals surface area (Å²) in [5, 5.41) is 3.50. The number of nitrogens with one attached hydrogen (secondary N) is 1. The van der Waals surface area contributed by atoms with Crippen LogP contribution >= 0.6 is 0 Å². The summed E-state index contributed by atoms with van der Waals surface area (Å²) in [5.41, 5.74) is 0.176. The van der Waals surface area contributed by atoms with Crippen molar-refractivity contribution in [3.8, 4) is 0 Å². The molecule has 0 unspecified atom stereocenters. The van der Waals surface area contributed by atoms with Crippen molar-refractivity contribution >= 4 is 0 Å². The van der Waals surface area contributed by atoms with Crippen LogP contribution in [0.1, 0.15) is 53.4 Å². The predicted octanol–water partition coefficient (Wildman–Crippen LogP) is 4.07. The van der Waals surface area contributed by atoms with Crippen LogP contribution in [-0.4, -0.2) is 43.3 Å². The molecule has 0 aliphatic carbocycles. The van der Waals surface area contributed by atoms with Crippen LogP contribution in [0.2, 0.25) is 0 Å². The standard InChI is InChI=1S/C16H31F3N2/c1-5-15(6-2,11-20-13(3)4)12-21-9-7-14(8-10-21)16(17,18)19/h13-14,20H,5-12H2,1-4H3. The molecule has 1 aliphatic rings. The molecule has 1 saturated heterocycles. The SMILES string of the molecule is CCC(CC)(CNC(C)C)CN1CCC(C(F)(F)F)CC1. The molecule has 0 atom stereocenters. The van der Waals surface area contributed by atoms with Gasteiger partial charge in [0.05, 0.1) is 5.92 Å². The van der Waals surface area contributed by atoms with Crippen molar-refractivity contribution in [1.82, 2.24) is 10.2 Å². The van der Waals surface area contributed by atoms with Gasteiger partial charge in [-0.2, -0.15) is 13.2 Å². The monoisotopic (exact) mass is 308 g/mol. The Morgan fingerprint density at radius 1 is 1.10 bits per heavy atom. The van der Waals surface area contributed by atoms with E-state index in [1.54, 1.807) is 0 Å². The smallest absolute Gasteiger partial charge is 0.314 e. The summed E-state index contributed by atoms with van der Waals surface area (Å²) in [6, 6.07) is 0.443. The van der Waals surface area contributed by atoms with Crippen molar-refractivity contribution in [1.29, 1.82) is 0 Å². The third-order valence-electron chi connectivity index (χ3n) is 4.99. The lowest BCUT2D eigenvalue weighted by Crippen LogP contribution is -2.48. The highest BCUT2D eigenvalue weighted by atomic mass is 19.4. The Kier molecular flexibility index (Phi) is 6.98. The molecule has 126 valence electrons. The molecule has 1 aliphatic heterocycles. The summed E-state index contributed by atoms with van der Waals surface area (Å²) in [6.45, 7) is 11.6. The van der Waals surface area contributed by atoms with Gasteiger partial charge in [0, 0.05) is 19.1 Å². The summed E-state index contributed by atoms with van der Waals surface area (Å²) in [6.07, 6.45) is -1.39. The maximum atomic E-state index is 12.7. The lowest BCUT2D eigenvalue weighted by atomic mass is 9.80. The second-order valence-electron chi connectivity index (χ2n) is 6.83. The number of rotatable bonds is 7. The van der Waals surface area contributed by atoms with Crippen LogP contribution < -0.4 is 5.32 Å². The number of likely N-dealkylation sites (tertiary alicyclic amines) is 1. The second kappa shape index (κ2) is 7.82. The summed E-state index contributed by atoms with van der Waals surface area (Å²) in [4.78, 5) is 2.23. The first-order valence-corrected chi connectivity index (χ1v) is 8.25. The quantitative estimate of drug-likeness (QED) is 0.763. The fraction of sp³-hybridized carbons (Fsp3) is 1.00. The Hall–Kier alpha value is -0.290. The van der Waals surface area contributed by atoms with Crippen molar-refractivity contribution in [2.45, 2.75) is 65.6 Å². The molecule has 0 saturated carbocycles. The molecule has 21 heavy (non-hydrogen) atoms. The molecule has 5 heteroatoms. The van der Waals surface area contributed by atoms with Crippen LogP contribution in [0.3, 0.4) is 0 Å². The highest BCUT2D eigenvalue weighted by Gasteiger charge is 2.41. The molecule has 0 bridgehead atoms. The molecule has 0 aromatic heterocycles. The normalized spacial score (nSPS) is 19.4. The first-order chi connectivity index (χ1) is 9.72. The van der Waals surface area contributed by atoms with E-state index in [0.29, 0.717) is 19.1 Å². The van der Waals surface area contributed by atoms with Gasteiger partial charge in [-0.25, -0.2) is 0 Å². The summed E-state index contributed by atoms with van der Waals surface area (Å²) < 4.78 is 38.2. The molecule has 1 N–H and O–H groups in total. The van der Waals surface area contributed by atoms with Crippen molar-refractivity contribution in [3.05, 3.63) is 0 Å². The van der Waals surface area contributed by atoms with E-state index in [0.717, 1.165) is 25.9 Å². The Morgan fingerprint density at radius 3 is 2.00 bits per heavy atom. The van der Waals surface area contributed by atoms with Crippen molar-refractivity contribution in [2.75, 3.05) is 26.2 Å². The number of hydrogen-bond donors (Lipinski definition) is 1. The van der Waals surface area contributed by atoms with Gasteiger partial charge in [-0.1, -0.05) is 27.7 Å². The maximum Gasteiger partial charge on any atom is 0.391 e. The van der Waals surface area contributed by atoms with Crippen molar-refractivity contribution in [3.63, 3.8) is 0 Å². The first kappa shape index (κ1) is 18.8. The van der Waals surface area contributed by atoms with Gasteiger partial charge in [-0.15, -0.1) is 0 Å². The van der Waals surface area contributed by atoms with Crippen molar-refractivity contribution in [2.24, 2.45) is 11.3 Å². The predicted molar refractivity (Wildman–Crippen MR) is 81.4 cm³/mol. The molecule has 1 fully saturated rings. The molecular weight excluding hydrogens is 277 g/mol. The van der Waals surface area contributed by atoms with E-state index in [-0.39, 0.29) is 18.3 Å². The van der Waals surface area contributed by atoms with Crippen molar-refractivity contribution < 1.29 is 13.2 Å². The van der Waals surface area contributed by atoms with Crippen LogP contribution in [0, 0.1) is 11.3 Å². The molecule has 2 nitrogen and oxygen atoms in total. The number of nitrogens with zero attached hydrogens (tertiary/aromatic N) is 1. The minimum atomic E-state index is -4.02. The molecule has 0 aromatic carbocycles. The van der Waals surface area contributed by atoms with Gasteiger partial charge in [0.1, 0.15) is 0 Å². The number of alkyl halides is 3. The van der Waals surface area contributed by atoms with Crippen LogP contribution in [0.4, 0.5) is 13.2 Å². The Balaban J connectivity index is 2.53. The third kappa shape index (κ3) is 5.78. The Bertz CT molecular complexity index is 290. The lowest BCUT2D eigenvalue weighted by molar-refractivity contribution is -0.185. The van der Waals surface area contributed by atoms with E-state index in [2.05, 4.69) is 37.9 Å². The van der Waals surface area contributed by atoms with Gasteiger partial charge in [-0.3, -0.25) is 0 Å². The van der Waals surface area contributed by atoms with Gasteiger partial charge >= 0.3 is 6.18 Å². The molecule has 0 spiro atoms. The largest absolute Gasteiger partial charge is 0.391 e. The van der Waals surface area contributed by atoms with E-state index >= 15 is 0 Å². The van der Waals surface area contributed by atoms with E-state index in [4.69, 9.17) is 0 Å². The van der Waals surface area contributed by atoms with Gasteiger partial charge in [-0.05, 0) is 44.2 Å². The number of hydrogen-bond acceptors (Lipinski definition) is 2. The van der Waals surface area contributed by atoms with Crippen LogP contribution in [-0.2, 0) is 0 Å². The zero-order valence-electron chi connectivity index (χ0n) is 13.9. The molecule has 0 radical (unpaired) electrons. The molecule has 1 heterocycles. The van der Waals surface area contributed by atoms with Crippen LogP contribution in [0.5, 0.6) is 0 Å². The van der Waals surface area contributed by atoms with Crippen LogP contribution in [0.15, 0.2) is 0 Å². The Morgan fingerprint density at radius 2 is 1.62 bits per heavy atom. The number of halogens is 3. The maximum absolute atomic E-state index is 12.7.